The van der Waals surface area contributed by atoms with Crippen LogP contribution in [-0.2, 0) is 0 Å². The Morgan fingerprint density at radius 3 is 2.83 bits per heavy atom. The molecule has 4 heteroatoms. The molecule has 0 bridgehead atoms. The highest BCUT2D eigenvalue weighted by Crippen LogP contribution is 2.34. The fourth-order valence-electron chi connectivity index (χ4n) is 0.858. The quantitative estimate of drug-likeness (QED) is 0.781. The molecule has 0 radical (unpaired) electrons. The van der Waals surface area contributed by atoms with Gasteiger partial charge in [0.05, 0.1) is 10.6 Å². The fourth-order valence-corrected chi connectivity index (χ4v) is 1.50. The molecule has 0 amide bonds. The summed E-state index contributed by atoms with van der Waals surface area (Å²) in [6.45, 7) is 0. The number of rotatable bonds is 2. The van der Waals surface area contributed by atoms with Gasteiger partial charge in [0.25, 0.3) is 0 Å². The van der Waals surface area contributed by atoms with Crippen LogP contribution in [0.25, 0.3) is 0 Å². The van der Waals surface area contributed by atoms with E-state index < -0.39 is 0 Å². The van der Waals surface area contributed by atoms with Crippen LogP contribution >= 0.6 is 31.9 Å². The highest BCUT2D eigenvalue weighted by Gasteiger charge is 2.24. The largest absolute Gasteiger partial charge is 0.489 e. The Kier molecular flexibility index (Phi) is 2.37. The molecule has 64 valence electrons. The van der Waals surface area contributed by atoms with Gasteiger partial charge in [-0.05, 0) is 50.8 Å². The summed E-state index contributed by atoms with van der Waals surface area (Å²) in [7, 11) is 0. The molecule has 1 aliphatic rings. The van der Waals surface area contributed by atoms with E-state index in [-0.39, 0.29) is 0 Å². The second-order valence-electron chi connectivity index (χ2n) is 2.73. The van der Waals surface area contributed by atoms with Crippen molar-refractivity contribution in [2.24, 2.45) is 0 Å². The van der Waals surface area contributed by atoms with Crippen LogP contribution in [0, 0.1) is 0 Å². The van der Waals surface area contributed by atoms with Gasteiger partial charge < -0.3 is 4.74 Å². The predicted octanol–water partition coefficient (Wildman–Crippen LogP) is 3.15. The Balaban J connectivity index is 2.23. The van der Waals surface area contributed by atoms with E-state index in [1.807, 2.05) is 6.07 Å². The van der Waals surface area contributed by atoms with Gasteiger partial charge in [0, 0.05) is 6.20 Å². The molecule has 0 unspecified atom stereocenters. The average Bonchev–Trinajstić information content (AvgIpc) is 2.83. The molecule has 1 aromatic rings. The van der Waals surface area contributed by atoms with E-state index in [9.17, 15) is 0 Å². The summed E-state index contributed by atoms with van der Waals surface area (Å²) >= 11 is 6.72. The molecule has 1 heterocycles. The number of hydrogen-bond acceptors (Lipinski definition) is 2. The van der Waals surface area contributed by atoms with Gasteiger partial charge >= 0.3 is 0 Å². The standard InChI is InChI=1S/C8H7Br2NO/c9-7-6(12-5-1-2-5)3-4-11-8(7)10/h3-5H,1-2H2. The SMILES string of the molecule is Brc1nccc(OC2CC2)c1Br. The van der Waals surface area contributed by atoms with Crippen molar-refractivity contribution in [2.45, 2.75) is 18.9 Å². The van der Waals surface area contributed by atoms with E-state index in [1.54, 1.807) is 6.20 Å². The summed E-state index contributed by atoms with van der Waals surface area (Å²) < 4.78 is 7.31. The lowest BCUT2D eigenvalue weighted by Gasteiger charge is -2.06. The van der Waals surface area contributed by atoms with Crippen LogP contribution in [0.4, 0.5) is 0 Å². The maximum absolute atomic E-state index is 5.62. The Morgan fingerprint density at radius 1 is 1.42 bits per heavy atom. The van der Waals surface area contributed by atoms with Crippen LogP contribution in [0.2, 0.25) is 0 Å². The summed E-state index contributed by atoms with van der Waals surface area (Å²) in [5, 5.41) is 0. The number of halogens is 2. The second-order valence-corrected chi connectivity index (χ2v) is 4.28. The third-order valence-electron chi connectivity index (χ3n) is 1.63. The molecule has 1 fully saturated rings. The van der Waals surface area contributed by atoms with Crippen molar-refractivity contribution in [1.82, 2.24) is 4.98 Å². The van der Waals surface area contributed by atoms with Crippen molar-refractivity contribution >= 4 is 31.9 Å². The lowest BCUT2D eigenvalue weighted by Crippen LogP contribution is -1.97. The third kappa shape index (κ3) is 1.80. The minimum atomic E-state index is 0.426. The van der Waals surface area contributed by atoms with Crippen molar-refractivity contribution in [3.05, 3.63) is 21.3 Å². The molecule has 12 heavy (non-hydrogen) atoms. The number of ether oxygens (including phenoxy) is 1. The smallest absolute Gasteiger partial charge is 0.138 e. The summed E-state index contributed by atoms with van der Waals surface area (Å²) in [5.41, 5.74) is 0. The molecule has 1 saturated carbocycles. The highest BCUT2D eigenvalue weighted by molar-refractivity contribution is 9.13. The topological polar surface area (TPSA) is 22.1 Å². The van der Waals surface area contributed by atoms with Gasteiger partial charge in [-0.3, -0.25) is 0 Å². The van der Waals surface area contributed by atoms with Crippen LogP contribution in [0.15, 0.2) is 21.3 Å². The van der Waals surface area contributed by atoms with E-state index >= 15 is 0 Å². The van der Waals surface area contributed by atoms with Gasteiger partial charge in [0.15, 0.2) is 0 Å². The average molecular weight is 293 g/mol. The molecule has 0 aromatic carbocycles. The summed E-state index contributed by atoms with van der Waals surface area (Å²) in [6.07, 6.45) is 4.50. The molecule has 2 nitrogen and oxygen atoms in total. The van der Waals surface area contributed by atoms with Gasteiger partial charge in [-0.1, -0.05) is 0 Å². The normalized spacial score (nSPS) is 16.2. The first kappa shape index (κ1) is 8.51. The minimum absolute atomic E-state index is 0.426. The van der Waals surface area contributed by atoms with Crippen LogP contribution in [0.3, 0.4) is 0 Å². The summed E-state index contributed by atoms with van der Waals surface area (Å²) in [5.74, 6) is 0.874. The Labute approximate surface area is 87.6 Å². The first-order chi connectivity index (χ1) is 5.77. The predicted molar refractivity (Wildman–Crippen MR) is 53.3 cm³/mol. The Hall–Kier alpha value is -0.0900. The van der Waals surface area contributed by atoms with E-state index in [0.29, 0.717) is 6.10 Å². The maximum atomic E-state index is 5.62. The monoisotopic (exact) mass is 291 g/mol. The molecule has 0 saturated heterocycles. The zero-order valence-corrected chi connectivity index (χ0v) is 9.43. The summed E-state index contributed by atoms with van der Waals surface area (Å²) in [4.78, 5) is 4.06. The minimum Gasteiger partial charge on any atom is -0.489 e. The zero-order valence-electron chi connectivity index (χ0n) is 6.26. The first-order valence-corrected chi connectivity index (χ1v) is 5.32. The lowest BCUT2D eigenvalue weighted by atomic mass is 10.4. The van der Waals surface area contributed by atoms with Crippen LogP contribution in [-0.4, -0.2) is 11.1 Å². The Morgan fingerprint density at radius 2 is 2.17 bits per heavy atom. The molecule has 0 N–H and O–H groups in total. The molecular weight excluding hydrogens is 286 g/mol. The van der Waals surface area contributed by atoms with Crippen molar-refractivity contribution < 1.29 is 4.74 Å². The van der Waals surface area contributed by atoms with Gasteiger partial charge in [0.2, 0.25) is 0 Å². The van der Waals surface area contributed by atoms with Crippen molar-refractivity contribution in [3.8, 4) is 5.75 Å². The van der Waals surface area contributed by atoms with Crippen molar-refractivity contribution in [2.75, 3.05) is 0 Å². The Bertz CT molecular complexity index is 299. The van der Waals surface area contributed by atoms with Gasteiger partial charge in [-0.15, -0.1) is 0 Å². The zero-order chi connectivity index (χ0) is 8.55. The van der Waals surface area contributed by atoms with Crippen molar-refractivity contribution in [3.63, 3.8) is 0 Å². The van der Waals surface area contributed by atoms with Gasteiger partial charge in [0.1, 0.15) is 10.4 Å². The van der Waals surface area contributed by atoms with E-state index in [1.165, 1.54) is 12.8 Å². The van der Waals surface area contributed by atoms with E-state index in [4.69, 9.17) is 4.74 Å². The second kappa shape index (κ2) is 3.34. The molecule has 2 rings (SSSR count). The van der Waals surface area contributed by atoms with Crippen LogP contribution < -0.4 is 4.74 Å². The van der Waals surface area contributed by atoms with Gasteiger partial charge in [-0.2, -0.15) is 0 Å². The fraction of sp³-hybridized carbons (Fsp3) is 0.375. The summed E-state index contributed by atoms with van der Waals surface area (Å²) in [6, 6.07) is 1.87. The van der Waals surface area contributed by atoms with E-state index in [0.717, 1.165) is 14.8 Å². The molecule has 1 aromatic heterocycles. The number of aromatic nitrogens is 1. The molecular formula is C8H7Br2NO. The number of hydrogen-bond donors (Lipinski definition) is 0. The number of nitrogens with zero attached hydrogens (tertiary/aromatic N) is 1. The molecule has 0 spiro atoms. The number of pyridine rings is 1. The van der Waals surface area contributed by atoms with Crippen LogP contribution in [0.5, 0.6) is 5.75 Å². The van der Waals surface area contributed by atoms with Crippen molar-refractivity contribution in [1.29, 1.82) is 0 Å². The van der Waals surface area contributed by atoms with E-state index in [2.05, 4.69) is 36.8 Å². The lowest BCUT2D eigenvalue weighted by molar-refractivity contribution is 0.300. The molecule has 0 aliphatic heterocycles. The molecule has 0 atom stereocenters. The van der Waals surface area contributed by atoms with Crippen LogP contribution in [0.1, 0.15) is 12.8 Å². The molecule has 1 aliphatic carbocycles. The third-order valence-corrected chi connectivity index (χ3v) is 3.53. The maximum Gasteiger partial charge on any atom is 0.138 e. The highest BCUT2D eigenvalue weighted by atomic mass is 79.9. The van der Waals surface area contributed by atoms with Gasteiger partial charge in [-0.25, -0.2) is 4.98 Å². The first-order valence-electron chi connectivity index (χ1n) is 3.74.